The van der Waals surface area contributed by atoms with E-state index in [0.717, 1.165) is 6.07 Å². The van der Waals surface area contributed by atoms with Crippen molar-refractivity contribution in [1.29, 1.82) is 0 Å². The smallest absolute Gasteiger partial charge is 0.249 e. The Bertz CT molecular complexity index is 490. The molecule has 1 aromatic heterocycles. The fourth-order valence-electron chi connectivity index (χ4n) is 0.967. The van der Waals surface area contributed by atoms with Gasteiger partial charge in [-0.25, -0.2) is 27.3 Å². The molecule has 0 radical (unpaired) electrons. The second-order valence-electron chi connectivity index (χ2n) is 2.78. The topological polar surface area (TPSA) is 73.0 Å². The van der Waals surface area contributed by atoms with Crippen LogP contribution in [-0.2, 0) is 10.0 Å². The van der Waals surface area contributed by atoms with Crippen molar-refractivity contribution in [1.82, 2.24) is 4.98 Å². The third-order valence-corrected chi connectivity index (χ3v) is 2.98. The molecule has 0 fully saturated rings. The summed E-state index contributed by atoms with van der Waals surface area (Å²) < 4.78 is 46.8. The van der Waals surface area contributed by atoms with E-state index in [1.807, 2.05) is 0 Å². The van der Waals surface area contributed by atoms with E-state index in [2.05, 4.69) is 4.98 Å². The second kappa shape index (κ2) is 3.99. The van der Waals surface area contributed by atoms with Gasteiger partial charge in [-0.05, 0) is 13.0 Å². The highest BCUT2D eigenvalue weighted by atomic mass is 35.5. The average Bonchev–Trinajstić information content (AvgIpc) is 2.06. The molecule has 15 heavy (non-hydrogen) atoms. The largest absolute Gasteiger partial charge is 0.281 e. The Balaban J connectivity index is 3.56. The van der Waals surface area contributed by atoms with Gasteiger partial charge in [-0.3, -0.25) is 0 Å². The van der Waals surface area contributed by atoms with E-state index >= 15 is 0 Å². The number of nitrogens with zero attached hydrogens (tertiary/aromatic N) is 1. The van der Waals surface area contributed by atoms with Crippen molar-refractivity contribution in [3.05, 3.63) is 22.5 Å². The Kier molecular flexibility index (Phi) is 3.27. The van der Waals surface area contributed by atoms with Crippen LogP contribution in [-0.4, -0.2) is 13.4 Å². The highest BCUT2D eigenvalue weighted by Crippen LogP contribution is 2.27. The lowest BCUT2D eigenvalue weighted by molar-refractivity contribution is 0.142. The molecule has 0 bridgehead atoms. The number of hydrogen-bond donors (Lipinski definition) is 1. The third kappa shape index (κ3) is 2.61. The van der Waals surface area contributed by atoms with Gasteiger partial charge in [-0.15, -0.1) is 0 Å². The molecule has 0 aliphatic carbocycles. The molecule has 1 rings (SSSR count). The highest BCUT2D eigenvalue weighted by Gasteiger charge is 2.23. The van der Waals surface area contributed by atoms with Gasteiger partial charge in [-0.1, -0.05) is 11.6 Å². The number of pyridine rings is 1. The fourth-order valence-corrected chi connectivity index (χ4v) is 1.89. The van der Waals surface area contributed by atoms with Crippen molar-refractivity contribution in [3.8, 4) is 0 Å². The first-order valence-electron chi connectivity index (χ1n) is 3.71. The van der Waals surface area contributed by atoms with Crippen molar-refractivity contribution >= 4 is 21.6 Å². The van der Waals surface area contributed by atoms with Gasteiger partial charge in [-0.2, -0.15) is 0 Å². The number of nitrogens with two attached hydrogens (primary N) is 1. The highest BCUT2D eigenvalue weighted by molar-refractivity contribution is 7.89. The zero-order chi connectivity index (χ0) is 11.8. The predicted molar refractivity (Wildman–Crippen MR) is 50.3 cm³/mol. The lowest BCUT2D eigenvalue weighted by atomic mass is 10.3. The van der Waals surface area contributed by atoms with Crippen molar-refractivity contribution in [3.63, 3.8) is 0 Å². The van der Waals surface area contributed by atoms with Gasteiger partial charge in [0.25, 0.3) is 6.43 Å². The maximum Gasteiger partial charge on any atom is 0.281 e. The number of sulfonamides is 1. The molecule has 1 heterocycles. The molecule has 0 aliphatic heterocycles. The van der Waals surface area contributed by atoms with Crippen LogP contribution in [0.4, 0.5) is 8.78 Å². The molecule has 0 aliphatic rings. The minimum atomic E-state index is -4.24. The summed E-state index contributed by atoms with van der Waals surface area (Å²) in [5.41, 5.74) is -0.751. The molecule has 0 spiro atoms. The first-order chi connectivity index (χ1) is 6.73. The number of primary sulfonamides is 1. The number of aryl methyl sites for hydroxylation is 1. The predicted octanol–water partition coefficient (Wildman–Crippen LogP) is 1.63. The van der Waals surface area contributed by atoms with Crippen LogP contribution in [0, 0.1) is 6.92 Å². The van der Waals surface area contributed by atoms with E-state index in [9.17, 15) is 17.2 Å². The molecule has 1 aromatic rings. The van der Waals surface area contributed by atoms with Crippen molar-refractivity contribution in [2.75, 3.05) is 0 Å². The fraction of sp³-hybridized carbons (Fsp3) is 0.286. The van der Waals surface area contributed by atoms with E-state index in [1.54, 1.807) is 0 Å². The van der Waals surface area contributed by atoms with Crippen LogP contribution in [0.2, 0.25) is 5.02 Å². The van der Waals surface area contributed by atoms with Gasteiger partial charge in [0.2, 0.25) is 10.0 Å². The Morgan fingerprint density at radius 1 is 1.53 bits per heavy atom. The molecule has 0 unspecified atom stereocenters. The van der Waals surface area contributed by atoms with Crippen molar-refractivity contribution in [2.45, 2.75) is 18.2 Å². The summed E-state index contributed by atoms with van der Waals surface area (Å²) in [6.07, 6.45) is -3.02. The minimum absolute atomic E-state index is 0.0246. The van der Waals surface area contributed by atoms with Crippen LogP contribution in [0.3, 0.4) is 0 Å². The van der Waals surface area contributed by atoms with Gasteiger partial charge >= 0.3 is 0 Å². The summed E-state index contributed by atoms with van der Waals surface area (Å²) in [5.74, 6) is 0. The van der Waals surface area contributed by atoms with Crippen LogP contribution in [0.5, 0.6) is 0 Å². The molecular formula is C7H7ClF2N2O2S. The number of hydrogen-bond acceptors (Lipinski definition) is 3. The van der Waals surface area contributed by atoms with Gasteiger partial charge in [0.1, 0.15) is 10.6 Å². The van der Waals surface area contributed by atoms with Crippen molar-refractivity contribution in [2.24, 2.45) is 5.14 Å². The van der Waals surface area contributed by atoms with Gasteiger partial charge in [0, 0.05) is 0 Å². The van der Waals surface area contributed by atoms with E-state index in [4.69, 9.17) is 16.7 Å². The summed E-state index contributed by atoms with van der Waals surface area (Å²) in [6.45, 7) is 1.39. The molecule has 0 amide bonds. The van der Waals surface area contributed by atoms with Crippen LogP contribution >= 0.6 is 11.6 Å². The lowest BCUT2D eigenvalue weighted by Gasteiger charge is -2.08. The first-order valence-corrected chi connectivity index (χ1v) is 5.64. The monoisotopic (exact) mass is 256 g/mol. The van der Waals surface area contributed by atoms with Crippen LogP contribution in [0.25, 0.3) is 0 Å². The average molecular weight is 257 g/mol. The maximum absolute atomic E-state index is 12.4. The Morgan fingerprint density at radius 2 is 2.07 bits per heavy atom. The van der Waals surface area contributed by atoms with E-state index in [-0.39, 0.29) is 10.7 Å². The SMILES string of the molecule is Cc1nc(C(F)F)c(S(N)(=O)=O)cc1Cl. The van der Waals surface area contributed by atoms with Gasteiger partial charge < -0.3 is 0 Å². The van der Waals surface area contributed by atoms with Gasteiger partial charge in [0.15, 0.2) is 0 Å². The quantitative estimate of drug-likeness (QED) is 0.874. The Labute approximate surface area is 90.1 Å². The normalized spacial score (nSPS) is 12.1. The number of rotatable bonds is 2. The molecule has 0 saturated carbocycles. The number of halogens is 3. The molecule has 0 aromatic carbocycles. The van der Waals surface area contributed by atoms with Crippen LogP contribution in [0.1, 0.15) is 17.8 Å². The molecular weight excluding hydrogens is 250 g/mol. The van der Waals surface area contributed by atoms with Crippen LogP contribution < -0.4 is 5.14 Å². The van der Waals surface area contributed by atoms with E-state index in [0.29, 0.717) is 0 Å². The van der Waals surface area contributed by atoms with Crippen molar-refractivity contribution < 1.29 is 17.2 Å². The summed E-state index contributed by atoms with van der Waals surface area (Å²) >= 11 is 5.57. The third-order valence-electron chi connectivity index (χ3n) is 1.66. The second-order valence-corrected chi connectivity index (χ2v) is 4.72. The van der Waals surface area contributed by atoms with Gasteiger partial charge in [0.05, 0.1) is 10.7 Å². The van der Waals surface area contributed by atoms with E-state index in [1.165, 1.54) is 6.92 Å². The van der Waals surface area contributed by atoms with E-state index < -0.39 is 27.0 Å². The number of aromatic nitrogens is 1. The zero-order valence-corrected chi connectivity index (χ0v) is 9.11. The molecule has 2 N–H and O–H groups in total. The Hall–Kier alpha value is -0.790. The lowest BCUT2D eigenvalue weighted by Crippen LogP contribution is -2.16. The molecule has 8 heteroatoms. The zero-order valence-electron chi connectivity index (χ0n) is 7.54. The standard InChI is InChI=1S/C7H7ClF2N2O2S/c1-3-4(8)2-5(15(11,13)14)6(12-3)7(9)10/h2,7H,1H3,(H2,11,13,14). The molecule has 4 nitrogen and oxygen atoms in total. The summed E-state index contributed by atoms with van der Waals surface area (Å²) in [6, 6.07) is 0.876. The summed E-state index contributed by atoms with van der Waals surface area (Å²) in [7, 11) is -4.24. The minimum Gasteiger partial charge on any atom is -0.249 e. The molecule has 0 atom stereocenters. The summed E-state index contributed by atoms with van der Waals surface area (Å²) in [5, 5.41) is 4.73. The Morgan fingerprint density at radius 3 is 2.47 bits per heavy atom. The van der Waals surface area contributed by atoms with Crippen LogP contribution in [0.15, 0.2) is 11.0 Å². The molecule has 0 saturated heterocycles. The number of alkyl halides is 2. The summed E-state index contributed by atoms with van der Waals surface area (Å²) in [4.78, 5) is 2.66. The first kappa shape index (κ1) is 12.3. The molecule has 84 valence electrons. The maximum atomic E-state index is 12.4.